The van der Waals surface area contributed by atoms with Crippen LogP contribution in [0.3, 0.4) is 0 Å². The zero-order valence-corrected chi connectivity index (χ0v) is 15.1. The average molecular weight is 353 g/mol. The Morgan fingerprint density at radius 2 is 1.63 bits per heavy atom. The summed E-state index contributed by atoms with van der Waals surface area (Å²) in [4.78, 5) is 4.72. The Balaban J connectivity index is 2.03. The fraction of sp³-hybridized carbons (Fsp3) is 0.130. The summed E-state index contributed by atoms with van der Waals surface area (Å²) in [6.45, 7) is 2.02. The lowest BCUT2D eigenvalue weighted by atomic mass is 10.1. The molecule has 2 aromatic carbocycles. The highest BCUT2D eigenvalue weighted by Crippen LogP contribution is 2.28. The number of aromatic nitrogens is 3. The molecule has 0 aliphatic rings. The van der Waals surface area contributed by atoms with E-state index in [0.717, 1.165) is 39.4 Å². The molecule has 0 saturated carbocycles. The Morgan fingerprint density at radius 1 is 0.963 bits per heavy atom. The molecule has 4 heteroatoms. The molecule has 27 heavy (non-hydrogen) atoms. The van der Waals surface area contributed by atoms with Crippen molar-refractivity contribution in [3.63, 3.8) is 0 Å². The summed E-state index contributed by atoms with van der Waals surface area (Å²) < 4.78 is 1.87. The molecule has 132 valence electrons. The summed E-state index contributed by atoms with van der Waals surface area (Å²) in [5.41, 5.74) is 6.28. The van der Waals surface area contributed by atoms with Crippen LogP contribution in [0.5, 0.6) is 0 Å². The van der Waals surface area contributed by atoms with Crippen molar-refractivity contribution < 1.29 is 5.11 Å². The Morgan fingerprint density at radius 3 is 2.30 bits per heavy atom. The number of rotatable bonds is 3. The first kappa shape index (κ1) is 17.0. The van der Waals surface area contributed by atoms with E-state index in [-0.39, 0.29) is 6.61 Å². The SMILES string of the molecule is Cc1cc(-c2ccccc2)n2nc(-c3ccccc3)c(C#CCCO)c2n1. The van der Waals surface area contributed by atoms with Gasteiger partial charge in [-0.1, -0.05) is 72.5 Å². The second-order valence-electron chi connectivity index (χ2n) is 6.25. The van der Waals surface area contributed by atoms with Crippen LogP contribution >= 0.6 is 0 Å². The van der Waals surface area contributed by atoms with Crippen LogP contribution in [0.2, 0.25) is 0 Å². The van der Waals surface area contributed by atoms with Crippen LogP contribution in [-0.4, -0.2) is 26.3 Å². The van der Waals surface area contributed by atoms with E-state index in [4.69, 9.17) is 15.2 Å². The van der Waals surface area contributed by atoms with Gasteiger partial charge in [-0.15, -0.1) is 0 Å². The molecule has 1 N–H and O–H groups in total. The van der Waals surface area contributed by atoms with E-state index in [2.05, 4.69) is 24.0 Å². The van der Waals surface area contributed by atoms with Gasteiger partial charge in [0.2, 0.25) is 0 Å². The summed E-state index contributed by atoms with van der Waals surface area (Å²) in [5.74, 6) is 6.21. The van der Waals surface area contributed by atoms with E-state index < -0.39 is 0 Å². The van der Waals surface area contributed by atoms with Crippen LogP contribution in [0.4, 0.5) is 0 Å². The lowest BCUT2D eigenvalue weighted by Gasteiger charge is -2.06. The highest BCUT2D eigenvalue weighted by Gasteiger charge is 2.17. The topological polar surface area (TPSA) is 50.4 Å². The predicted octanol–water partition coefficient (Wildman–Crippen LogP) is 4.11. The standard InChI is InChI=1S/C23H19N3O/c1-17-16-21(18-10-4-2-5-11-18)26-23(24-17)20(14-8-9-15-27)22(25-26)19-12-6-3-7-13-19/h2-7,10-13,16,27H,9,15H2,1H3. The quantitative estimate of drug-likeness (QED) is 0.564. The first-order chi connectivity index (χ1) is 13.3. The number of aliphatic hydroxyl groups excluding tert-OH is 1. The smallest absolute Gasteiger partial charge is 0.172 e. The lowest BCUT2D eigenvalue weighted by Crippen LogP contribution is -1.98. The van der Waals surface area contributed by atoms with Crippen molar-refractivity contribution in [3.05, 3.63) is 78.0 Å². The number of fused-ring (bicyclic) bond motifs is 1. The summed E-state index contributed by atoms with van der Waals surface area (Å²) in [6, 6.07) is 22.2. The number of benzene rings is 2. The molecule has 4 nitrogen and oxygen atoms in total. The number of aliphatic hydroxyl groups is 1. The largest absolute Gasteiger partial charge is 0.395 e. The average Bonchev–Trinajstić information content (AvgIpc) is 3.07. The van der Waals surface area contributed by atoms with Gasteiger partial charge in [0.1, 0.15) is 5.69 Å². The fourth-order valence-electron chi connectivity index (χ4n) is 3.07. The minimum absolute atomic E-state index is 0.0363. The number of hydrogen-bond donors (Lipinski definition) is 1. The first-order valence-electron chi connectivity index (χ1n) is 8.89. The molecule has 0 fully saturated rings. The third-order valence-corrected chi connectivity index (χ3v) is 4.28. The zero-order chi connectivity index (χ0) is 18.6. The van der Waals surface area contributed by atoms with E-state index >= 15 is 0 Å². The second kappa shape index (κ2) is 7.45. The van der Waals surface area contributed by atoms with Crippen molar-refractivity contribution in [1.82, 2.24) is 14.6 Å². The summed E-state index contributed by atoms with van der Waals surface area (Å²) in [7, 11) is 0. The van der Waals surface area contributed by atoms with Crippen LogP contribution in [0.15, 0.2) is 66.7 Å². The van der Waals surface area contributed by atoms with Gasteiger partial charge >= 0.3 is 0 Å². The number of aryl methyl sites for hydroxylation is 1. The van der Waals surface area contributed by atoms with Gasteiger partial charge in [-0.05, 0) is 13.0 Å². The minimum atomic E-state index is 0.0363. The molecule has 0 radical (unpaired) electrons. The van der Waals surface area contributed by atoms with Crippen molar-refractivity contribution in [2.24, 2.45) is 0 Å². The van der Waals surface area contributed by atoms with E-state index in [1.807, 2.05) is 66.0 Å². The van der Waals surface area contributed by atoms with Gasteiger partial charge in [0.15, 0.2) is 5.65 Å². The number of hydrogen-bond acceptors (Lipinski definition) is 3. The Bertz CT molecular complexity index is 1140. The maximum Gasteiger partial charge on any atom is 0.172 e. The van der Waals surface area contributed by atoms with Crippen molar-refractivity contribution in [2.75, 3.05) is 6.61 Å². The highest BCUT2D eigenvalue weighted by atomic mass is 16.2. The molecule has 4 aromatic rings. The third kappa shape index (κ3) is 3.33. The lowest BCUT2D eigenvalue weighted by molar-refractivity contribution is 0.305. The Kier molecular flexibility index (Phi) is 4.69. The number of nitrogens with zero attached hydrogens (tertiary/aromatic N) is 3. The third-order valence-electron chi connectivity index (χ3n) is 4.28. The molecule has 0 amide bonds. The van der Waals surface area contributed by atoms with E-state index in [1.165, 1.54) is 0 Å². The van der Waals surface area contributed by atoms with Crippen LogP contribution in [-0.2, 0) is 0 Å². The maximum absolute atomic E-state index is 9.09. The normalized spacial score (nSPS) is 10.6. The van der Waals surface area contributed by atoms with Gasteiger partial charge in [0.25, 0.3) is 0 Å². The van der Waals surface area contributed by atoms with Gasteiger partial charge in [0.05, 0.1) is 17.9 Å². The Hall–Kier alpha value is -3.42. The van der Waals surface area contributed by atoms with Crippen LogP contribution < -0.4 is 0 Å². The molecular formula is C23H19N3O. The van der Waals surface area contributed by atoms with E-state index in [9.17, 15) is 0 Å². The molecule has 0 aliphatic heterocycles. The van der Waals surface area contributed by atoms with Crippen molar-refractivity contribution >= 4 is 5.65 Å². The predicted molar refractivity (Wildman–Crippen MR) is 107 cm³/mol. The van der Waals surface area contributed by atoms with Crippen LogP contribution in [0, 0.1) is 18.8 Å². The van der Waals surface area contributed by atoms with Crippen LogP contribution in [0.25, 0.3) is 28.2 Å². The van der Waals surface area contributed by atoms with Crippen LogP contribution in [0.1, 0.15) is 17.7 Å². The molecule has 0 spiro atoms. The van der Waals surface area contributed by atoms with E-state index in [1.54, 1.807) is 0 Å². The minimum Gasteiger partial charge on any atom is -0.395 e. The maximum atomic E-state index is 9.09. The molecule has 0 aliphatic carbocycles. The van der Waals surface area contributed by atoms with Gasteiger partial charge < -0.3 is 5.11 Å². The van der Waals surface area contributed by atoms with Crippen molar-refractivity contribution in [1.29, 1.82) is 0 Å². The van der Waals surface area contributed by atoms with Crippen molar-refractivity contribution in [2.45, 2.75) is 13.3 Å². The monoisotopic (exact) mass is 353 g/mol. The second-order valence-corrected chi connectivity index (χ2v) is 6.25. The summed E-state index contributed by atoms with van der Waals surface area (Å²) >= 11 is 0. The molecule has 0 unspecified atom stereocenters. The Labute approximate surface area is 158 Å². The highest BCUT2D eigenvalue weighted by molar-refractivity contribution is 5.78. The fourth-order valence-corrected chi connectivity index (χ4v) is 3.07. The summed E-state index contributed by atoms with van der Waals surface area (Å²) in [5, 5.41) is 14.0. The van der Waals surface area contributed by atoms with Gasteiger partial charge in [-0.25, -0.2) is 9.50 Å². The van der Waals surface area contributed by atoms with Gasteiger partial charge in [-0.3, -0.25) is 0 Å². The first-order valence-corrected chi connectivity index (χ1v) is 8.89. The van der Waals surface area contributed by atoms with E-state index in [0.29, 0.717) is 6.42 Å². The molecular weight excluding hydrogens is 334 g/mol. The molecule has 2 aromatic heterocycles. The molecule has 0 bridgehead atoms. The molecule has 0 atom stereocenters. The zero-order valence-electron chi connectivity index (χ0n) is 15.1. The summed E-state index contributed by atoms with van der Waals surface area (Å²) in [6.07, 6.45) is 0.420. The molecule has 2 heterocycles. The van der Waals surface area contributed by atoms with Crippen molar-refractivity contribution in [3.8, 4) is 34.4 Å². The molecule has 0 saturated heterocycles. The van der Waals surface area contributed by atoms with Gasteiger partial charge in [-0.2, -0.15) is 5.10 Å². The molecule has 4 rings (SSSR count). The van der Waals surface area contributed by atoms with Gasteiger partial charge in [0, 0.05) is 23.2 Å².